The van der Waals surface area contributed by atoms with Crippen molar-refractivity contribution in [1.82, 2.24) is 29.8 Å². The number of nitrogens with one attached hydrogen (secondary N) is 1. The van der Waals surface area contributed by atoms with Gasteiger partial charge in [0.1, 0.15) is 0 Å². The topological polar surface area (TPSA) is 28.2 Å². The van der Waals surface area contributed by atoms with Crippen molar-refractivity contribution < 1.29 is 0 Å². The molecule has 0 bridgehead atoms. The van der Waals surface area contributed by atoms with Crippen molar-refractivity contribution in [2.45, 2.75) is 0 Å². The minimum absolute atomic E-state index is 0.0552. The van der Waals surface area contributed by atoms with E-state index in [1.807, 2.05) is 0 Å². The van der Waals surface area contributed by atoms with E-state index in [1.54, 1.807) is 0 Å². The number of rotatable bonds is 6. The number of piperazine rings is 3. The zero-order valence-electron chi connectivity index (χ0n) is 15.8. The molecule has 0 radical (unpaired) electrons. The van der Waals surface area contributed by atoms with Crippen molar-refractivity contribution in [3.8, 4) is 0 Å². The lowest BCUT2D eigenvalue weighted by Gasteiger charge is -2.40. The van der Waals surface area contributed by atoms with Gasteiger partial charge in [-0.25, -0.2) is 0 Å². The molecule has 140 valence electrons. The van der Waals surface area contributed by atoms with Crippen LogP contribution in [-0.4, -0.2) is 136 Å². The summed E-state index contributed by atoms with van der Waals surface area (Å²) in [6.45, 7) is 14.8. The SMILES string of the molecule is CN1CCN(CP(CN2CCNCC2)CN2CCN(C)CC2)CC1. The predicted molar refractivity (Wildman–Crippen MR) is 104 cm³/mol. The Morgan fingerprint density at radius 2 is 0.958 bits per heavy atom. The van der Waals surface area contributed by atoms with Gasteiger partial charge in [0.2, 0.25) is 0 Å². The molecule has 0 aromatic carbocycles. The molecule has 3 aliphatic rings. The van der Waals surface area contributed by atoms with Crippen LogP contribution in [0, 0.1) is 0 Å². The Balaban J connectivity index is 1.51. The van der Waals surface area contributed by atoms with Crippen molar-refractivity contribution in [2.75, 3.05) is 111 Å². The molecule has 0 aromatic heterocycles. The van der Waals surface area contributed by atoms with E-state index >= 15 is 0 Å². The minimum atomic E-state index is 0.0552. The third kappa shape index (κ3) is 6.17. The summed E-state index contributed by atoms with van der Waals surface area (Å²) in [6.07, 6.45) is 4.04. The largest absolute Gasteiger partial charge is 0.314 e. The molecular formula is C17H37N6P. The maximum Gasteiger partial charge on any atom is 0.0208 e. The highest BCUT2D eigenvalue weighted by molar-refractivity contribution is 7.57. The molecule has 0 aliphatic carbocycles. The summed E-state index contributed by atoms with van der Waals surface area (Å²) in [5.74, 6) is 0. The van der Waals surface area contributed by atoms with Crippen LogP contribution >= 0.6 is 7.92 Å². The standard InChI is InChI=1S/C17H37N6P/c1-19-7-11-22(12-8-19)16-24(15-21-5-3-18-4-6-21)17-23-13-9-20(2)10-14-23/h18H,3-17H2,1-2H3. The molecule has 1 N–H and O–H groups in total. The average Bonchev–Trinajstić information content (AvgIpc) is 2.60. The van der Waals surface area contributed by atoms with Crippen LogP contribution in [0.4, 0.5) is 0 Å². The zero-order chi connectivity index (χ0) is 16.8. The maximum atomic E-state index is 3.49. The summed E-state index contributed by atoms with van der Waals surface area (Å²) in [7, 11) is 4.57. The molecule has 6 nitrogen and oxygen atoms in total. The first kappa shape index (κ1) is 19.0. The van der Waals surface area contributed by atoms with Crippen LogP contribution in [0.25, 0.3) is 0 Å². The average molecular weight is 356 g/mol. The first-order chi connectivity index (χ1) is 11.7. The van der Waals surface area contributed by atoms with Gasteiger partial charge in [-0.3, -0.25) is 14.7 Å². The summed E-state index contributed by atoms with van der Waals surface area (Å²) in [5, 5.41) is 3.49. The van der Waals surface area contributed by atoms with Gasteiger partial charge in [-0.2, -0.15) is 0 Å². The van der Waals surface area contributed by atoms with Gasteiger partial charge in [0.15, 0.2) is 0 Å². The van der Waals surface area contributed by atoms with Crippen LogP contribution in [0.3, 0.4) is 0 Å². The zero-order valence-corrected chi connectivity index (χ0v) is 16.7. The van der Waals surface area contributed by atoms with Crippen molar-refractivity contribution in [2.24, 2.45) is 0 Å². The molecule has 0 unspecified atom stereocenters. The Labute approximate surface area is 149 Å². The fraction of sp³-hybridized carbons (Fsp3) is 1.00. The van der Waals surface area contributed by atoms with Gasteiger partial charge in [-0.15, -0.1) is 0 Å². The second-order valence-electron chi connectivity index (χ2n) is 7.81. The molecule has 3 aliphatic heterocycles. The van der Waals surface area contributed by atoms with E-state index in [0.29, 0.717) is 0 Å². The van der Waals surface area contributed by atoms with Crippen LogP contribution in [0.15, 0.2) is 0 Å². The van der Waals surface area contributed by atoms with Crippen LogP contribution < -0.4 is 5.32 Å². The normalized spacial score (nSPS) is 27.1. The number of likely N-dealkylation sites (N-methyl/N-ethyl adjacent to an activating group) is 2. The molecule has 3 fully saturated rings. The van der Waals surface area contributed by atoms with Crippen molar-refractivity contribution >= 4 is 7.92 Å². The highest BCUT2D eigenvalue weighted by atomic mass is 31.1. The Morgan fingerprint density at radius 1 is 0.583 bits per heavy atom. The monoisotopic (exact) mass is 356 g/mol. The van der Waals surface area contributed by atoms with E-state index in [9.17, 15) is 0 Å². The molecule has 24 heavy (non-hydrogen) atoms. The van der Waals surface area contributed by atoms with E-state index in [2.05, 4.69) is 43.9 Å². The van der Waals surface area contributed by atoms with Gasteiger partial charge in [-0.05, 0) is 14.1 Å². The predicted octanol–water partition coefficient (Wildman–Crippen LogP) is -0.259. The Bertz CT molecular complexity index is 325. The first-order valence-electron chi connectivity index (χ1n) is 9.66. The number of hydrogen-bond acceptors (Lipinski definition) is 6. The molecule has 0 amide bonds. The summed E-state index contributed by atoms with van der Waals surface area (Å²) in [5.41, 5.74) is 0. The molecule has 3 heterocycles. The van der Waals surface area contributed by atoms with Crippen molar-refractivity contribution in [3.05, 3.63) is 0 Å². The van der Waals surface area contributed by atoms with Gasteiger partial charge < -0.3 is 15.1 Å². The van der Waals surface area contributed by atoms with Crippen LogP contribution in [-0.2, 0) is 0 Å². The fourth-order valence-corrected chi connectivity index (χ4v) is 6.63. The lowest BCUT2D eigenvalue weighted by molar-refractivity contribution is 0.165. The Morgan fingerprint density at radius 3 is 1.38 bits per heavy atom. The summed E-state index contributed by atoms with van der Waals surface area (Å²) >= 11 is 0. The molecule has 3 rings (SSSR count). The highest BCUT2D eigenvalue weighted by Crippen LogP contribution is 2.38. The molecular weight excluding hydrogens is 319 g/mol. The van der Waals surface area contributed by atoms with Crippen LogP contribution in [0.1, 0.15) is 0 Å². The summed E-state index contributed by atoms with van der Waals surface area (Å²) in [6, 6.07) is 0. The van der Waals surface area contributed by atoms with Gasteiger partial charge in [-0.1, -0.05) is 7.92 Å². The second kappa shape index (κ2) is 9.77. The molecule has 0 spiro atoms. The van der Waals surface area contributed by atoms with E-state index in [-0.39, 0.29) is 7.92 Å². The molecule has 0 atom stereocenters. The number of hydrogen-bond donors (Lipinski definition) is 1. The van der Waals surface area contributed by atoms with Gasteiger partial charge >= 0.3 is 0 Å². The first-order valence-corrected chi connectivity index (χ1v) is 11.6. The fourth-order valence-electron chi connectivity index (χ4n) is 3.81. The molecule has 0 aromatic rings. The van der Waals surface area contributed by atoms with Crippen molar-refractivity contribution in [3.63, 3.8) is 0 Å². The molecule has 0 saturated carbocycles. The van der Waals surface area contributed by atoms with Crippen LogP contribution in [0.2, 0.25) is 0 Å². The third-order valence-corrected chi connectivity index (χ3v) is 8.00. The van der Waals surface area contributed by atoms with E-state index < -0.39 is 0 Å². The van der Waals surface area contributed by atoms with Crippen molar-refractivity contribution in [1.29, 1.82) is 0 Å². The lowest BCUT2D eigenvalue weighted by atomic mass is 10.4. The lowest BCUT2D eigenvalue weighted by Crippen LogP contribution is -2.48. The molecule has 7 heteroatoms. The number of nitrogens with zero attached hydrogens (tertiary/aromatic N) is 5. The van der Waals surface area contributed by atoms with Crippen LogP contribution in [0.5, 0.6) is 0 Å². The Hall–Kier alpha value is 0.190. The van der Waals surface area contributed by atoms with Gasteiger partial charge in [0.05, 0.1) is 0 Å². The molecule has 3 saturated heterocycles. The van der Waals surface area contributed by atoms with Gasteiger partial charge in [0.25, 0.3) is 0 Å². The summed E-state index contributed by atoms with van der Waals surface area (Å²) < 4.78 is 0. The second-order valence-corrected chi connectivity index (χ2v) is 10.00. The van der Waals surface area contributed by atoms with E-state index in [4.69, 9.17) is 0 Å². The smallest absolute Gasteiger partial charge is 0.0208 e. The summed E-state index contributed by atoms with van der Waals surface area (Å²) in [4.78, 5) is 13.1. The minimum Gasteiger partial charge on any atom is -0.314 e. The van der Waals surface area contributed by atoms with Gasteiger partial charge in [0, 0.05) is 97.4 Å². The highest BCUT2D eigenvalue weighted by Gasteiger charge is 2.24. The van der Waals surface area contributed by atoms with E-state index in [1.165, 1.54) is 97.4 Å². The maximum absolute atomic E-state index is 3.49. The quantitative estimate of drug-likeness (QED) is 0.660. The third-order valence-electron chi connectivity index (χ3n) is 5.60. The van der Waals surface area contributed by atoms with E-state index in [0.717, 1.165) is 0 Å². The Kier molecular flexibility index (Phi) is 7.72.